The number of aromatic nitrogens is 2. The standard InChI is InChI=1S/C16H17N5O2/c1-3-13-17-16(18-23-13)21-9-8-20-12-7-5-4-6-11(12)15(22)19(2)10-14(20)21/h4-9,14H,3,10H2,1-2H3. The number of anilines is 2. The summed E-state index contributed by atoms with van der Waals surface area (Å²) in [7, 11) is 1.81. The molecule has 1 aromatic heterocycles. The van der Waals surface area contributed by atoms with Crippen LogP contribution in [0.2, 0.25) is 0 Å². The Hall–Kier alpha value is -2.83. The van der Waals surface area contributed by atoms with Crippen molar-refractivity contribution < 1.29 is 9.32 Å². The molecule has 2 aliphatic rings. The Kier molecular flexibility index (Phi) is 3.07. The molecule has 2 aliphatic heterocycles. The van der Waals surface area contributed by atoms with Gasteiger partial charge in [-0.05, 0) is 17.3 Å². The summed E-state index contributed by atoms with van der Waals surface area (Å²) < 4.78 is 5.22. The van der Waals surface area contributed by atoms with E-state index in [0.29, 0.717) is 30.4 Å². The molecular formula is C16H17N5O2. The van der Waals surface area contributed by atoms with Crippen molar-refractivity contribution in [1.29, 1.82) is 0 Å². The van der Waals surface area contributed by atoms with Crippen LogP contribution in [-0.2, 0) is 6.42 Å². The Morgan fingerprint density at radius 1 is 1.26 bits per heavy atom. The quantitative estimate of drug-likeness (QED) is 0.843. The first-order valence-corrected chi connectivity index (χ1v) is 7.61. The topological polar surface area (TPSA) is 65.7 Å². The maximum absolute atomic E-state index is 12.6. The summed E-state index contributed by atoms with van der Waals surface area (Å²) in [5, 5.41) is 4.05. The summed E-state index contributed by atoms with van der Waals surface area (Å²) in [5.74, 6) is 1.14. The second kappa shape index (κ2) is 5.12. The minimum absolute atomic E-state index is 0.0192. The lowest BCUT2D eigenvalue weighted by molar-refractivity contribution is 0.0795. The van der Waals surface area contributed by atoms with Gasteiger partial charge in [-0.15, -0.1) is 0 Å². The number of para-hydroxylation sites is 1. The van der Waals surface area contributed by atoms with Crippen molar-refractivity contribution in [1.82, 2.24) is 15.0 Å². The van der Waals surface area contributed by atoms with E-state index in [9.17, 15) is 4.79 Å². The molecule has 1 amide bonds. The van der Waals surface area contributed by atoms with Crippen LogP contribution in [0.25, 0.3) is 0 Å². The van der Waals surface area contributed by atoms with Crippen LogP contribution in [0.15, 0.2) is 41.2 Å². The minimum atomic E-state index is -0.0880. The summed E-state index contributed by atoms with van der Waals surface area (Å²) in [6.07, 6.45) is 4.49. The van der Waals surface area contributed by atoms with E-state index in [1.54, 1.807) is 4.90 Å². The van der Waals surface area contributed by atoms with Crippen LogP contribution in [0.3, 0.4) is 0 Å². The Morgan fingerprint density at radius 2 is 2.04 bits per heavy atom. The zero-order valence-corrected chi connectivity index (χ0v) is 13.0. The van der Waals surface area contributed by atoms with Crippen molar-refractivity contribution in [2.75, 3.05) is 23.4 Å². The molecule has 0 fully saturated rings. The SMILES string of the molecule is CCc1nc(N2C=CN3c4ccccc4C(=O)N(C)CC23)no1. The van der Waals surface area contributed by atoms with Crippen LogP contribution >= 0.6 is 0 Å². The van der Waals surface area contributed by atoms with Gasteiger partial charge in [0.2, 0.25) is 5.89 Å². The molecule has 7 nitrogen and oxygen atoms in total. The predicted octanol–water partition coefficient (Wildman–Crippen LogP) is 1.84. The van der Waals surface area contributed by atoms with Crippen molar-refractivity contribution in [2.24, 2.45) is 0 Å². The van der Waals surface area contributed by atoms with Crippen molar-refractivity contribution in [3.05, 3.63) is 48.1 Å². The third kappa shape index (κ3) is 2.08. The van der Waals surface area contributed by atoms with Gasteiger partial charge in [-0.1, -0.05) is 19.1 Å². The van der Waals surface area contributed by atoms with Crippen molar-refractivity contribution >= 4 is 17.5 Å². The molecule has 2 aromatic rings. The second-order valence-corrected chi connectivity index (χ2v) is 5.64. The Balaban J connectivity index is 1.76. The van der Waals surface area contributed by atoms with E-state index in [1.807, 2.05) is 55.5 Å². The molecule has 0 radical (unpaired) electrons. The molecule has 118 valence electrons. The van der Waals surface area contributed by atoms with Crippen LogP contribution in [0.5, 0.6) is 0 Å². The first kappa shape index (κ1) is 13.8. The number of rotatable bonds is 2. The summed E-state index contributed by atoms with van der Waals surface area (Å²) in [4.78, 5) is 22.7. The zero-order valence-electron chi connectivity index (χ0n) is 13.0. The number of carbonyl (C=O) groups is 1. The van der Waals surface area contributed by atoms with Crippen LogP contribution < -0.4 is 9.80 Å². The van der Waals surface area contributed by atoms with Gasteiger partial charge in [0.1, 0.15) is 6.17 Å². The third-order valence-corrected chi connectivity index (χ3v) is 4.22. The molecule has 1 aromatic carbocycles. The summed E-state index contributed by atoms with van der Waals surface area (Å²) in [6.45, 7) is 2.51. The number of likely N-dealkylation sites (N-methyl/N-ethyl adjacent to an activating group) is 1. The molecule has 3 heterocycles. The van der Waals surface area contributed by atoms with E-state index in [0.717, 1.165) is 5.69 Å². The van der Waals surface area contributed by atoms with Gasteiger partial charge in [-0.2, -0.15) is 4.98 Å². The van der Waals surface area contributed by atoms with Gasteiger partial charge >= 0.3 is 0 Å². The number of aryl methyl sites for hydroxylation is 1. The van der Waals surface area contributed by atoms with Crippen molar-refractivity contribution in [3.63, 3.8) is 0 Å². The number of fused-ring (bicyclic) bond motifs is 3. The number of benzene rings is 1. The third-order valence-electron chi connectivity index (χ3n) is 4.22. The molecule has 0 aliphatic carbocycles. The molecule has 0 saturated carbocycles. The van der Waals surface area contributed by atoms with Crippen LogP contribution in [0, 0.1) is 0 Å². The van der Waals surface area contributed by atoms with Gasteiger partial charge in [-0.3, -0.25) is 9.69 Å². The van der Waals surface area contributed by atoms with Crippen molar-refractivity contribution in [3.8, 4) is 0 Å². The van der Waals surface area contributed by atoms with E-state index in [2.05, 4.69) is 15.0 Å². The molecule has 7 heteroatoms. The summed E-state index contributed by atoms with van der Waals surface area (Å²) in [6, 6.07) is 7.64. The fourth-order valence-corrected chi connectivity index (χ4v) is 3.00. The summed E-state index contributed by atoms with van der Waals surface area (Å²) >= 11 is 0. The average Bonchev–Trinajstić information content (AvgIpc) is 3.18. The number of amides is 1. The number of nitrogens with zero attached hydrogens (tertiary/aromatic N) is 5. The smallest absolute Gasteiger partial charge is 0.271 e. The average molecular weight is 311 g/mol. The maximum Gasteiger partial charge on any atom is 0.271 e. The number of hydrogen-bond acceptors (Lipinski definition) is 6. The van der Waals surface area contributed by atoms with Gasteiger partial charge in [0, 0.05) is 25.9 Å². The predicted molar refractivity (Wildman–Crippen MR) is 85.0 cm³/mol. The molecule has 0 N–H and O–H groups in total. The van der Waals surface area contributed by atoms with Gasteiger partial charge < -0.3 is 14.3 Å². The molecule has 1 unspecified atom stereocenters. The van der Waals surface area contributed by atoms with Crippen LogP contribution in [0.1, 0.15) is 23.2 Å². The second-order valence-electron chi connectivity index (χ2n) is 5.64. The Labute approximate surface area is 133 Å². The van der Waals surface area contributed by atoms with Crippen molar-refractivity contribution in [2.45, 2.75) is 19.5 Å². The van der Waals surface area contributed by atoms with Crippen LogP contribution in [-0.4, -0.2) is 40.7 Å². The summed E-state index contributed by atoms with van der Waals surface area (Å²) in [5.41, 5.74) is 1.59. The van der Waals surface area contributed by atoms with Gasteiger partial charge in [-0.25, -0.2) is 0 Å². The van der Waals surface area contributed by atoms with Crippen LogP contribution in [0.4, 0.5) is 11.6 Å². The van der Waals surface area contributed by atoms with E-state index < -0.39 is 0 Å². The lowest BCUT2D eigenvalue weighted by Gasteiger charge is -2.30. The number of hydrogen-bond donors (Lipinski definition) is 0. The normalized spacial score (nSPS) is 19.8. The Morgan fingerprint density at radius 3 is 2.83 bits per heavy atom. The van der Waals surface area contributed by atoms with E-state index in [1.165, 1.54) is 0 Å². The maximum atomic E-state index is 12.6. The first-order valence-electron chi connectivity index (χ1n) is 7.61. The van der Waals surface area contributed by atoms with E-state index >= 15 is 0 Å². The molecular weight excluding hydrogens is 294 g/mol. The fourth-order valence-electron chi connectivity index (χ4n) is 3.00. The Bertz CT molecular complexity index is 784. The van der Waals surface area contributed by atoms with Gasteiger partial charge in [0.25, 0.3) is 11.9 Å². The van der Waals surface area contributed by atoms with E-state index in [4.69, 9.17) is 4.52 Å². The highest BCUT2D eigenvalue weighted by atomic mass is 16.5. The van der Waals surface area contributed by atoms with E-state index in [-0.39, 0.29) is 12.1 Å². The van der Waals surface area contributed by atoms with Gasteiger partial charge in [0.05, 0.1) is 17.8 Å². The molecule has 1 atom stereocenters. The molecule has 0 bridgehead atoms. The number of carbonyl (C=O) groups excluding carboxylic acids is 1. The highest BCUT2D eigenvalue weighted by Gasteiger charge is 2.37. The lowest BCUT2D eigenvalue weighted by atomic mass is 10.1. The first-order chi connectivity index (χ1) is 11.2. The molecule has 4 rings (SSSR count). The monoisotopic (exact) mass is 311 g/mol. The van der Waals surface area contributed by atoms with Gasteiger partial charge in [0.15, 0.2) is 0 Å². The molecule has 0 spiro atoms. The molecule has 23 heavy (non-hydrogen) atoms. The lowest BCUT2D eigenvalue weighted by Crippen LogP contribution is -2.46. The fraction of sp³-hybridized carbons (Fsp3) is 0.312. The minimum Gasteiger partial charge on any atom is -0.338 e. The highest BCUT2D eigenvalue weighted by Crippen LogP contribution is 2.33. The zero-order chi connectivity index (χ0) is 16.0. The highest BCUT2D eigenvalue weighted by molar-refractivity contribution is 6.01. The molecule has 0 saturated heterocycles. The largest absolute Gasteiger partial charge is 0.338 e.